The molecule has 1 unspecified atom stereocenters. The summed E-state index contributed by atoms with van der Waals surface area (Å²) in [6.45, 7) is 1.59. The minimum Gasteiger partial charge on any atom is -0.355 e. The smallest absolute Gasteiger partial charge is 0.225 e. The highest BCUT2D eigenvalue weighted by Crippen LogP contribution is 2.26. The van der Waals surface area contributed by atoms with E-state index in [4.69, 9.17) is 0 Å². The first-order valence-corrected chi connectivity index (χ1v) is 10.9. The Bertz CT molecular complexity index is 871. The third-order valence-electron chi connectivity index (χ3n) is 4.74. The number of anilines is 2. The molecule has 1 aliphatic rings. The van der Waals surface area contributed by atoms with Crippen molar-refractivity contribution in [1.82, 2.24) is 14.9 Å². The van der Waals surface area contributed by atoms with Crippen LogP contribution in [-0.2, 0) is 9.84 Å². The van der Waals surface area contributed by atoms with Gasteiger partial charge in [0.25, 0.3) is 0 Å². The largest absolute Gasteiger partial charge is 0.355 e. The van der Waals surface area contributed by atoms with Crippen LogP contribution in [0, 0.1) is 0 Å². The van der Waals surface area contributed by atoms with Crippen LogP contribution in [0.1, 0.15) is 6.42 Å². The van der Waals surface area contributed by atoms with Crippen molar-refractivity contribution in [2.75, 3.05) is 56.0 Å². The molecule has 0 saturated carbocycles. The zero-order valence-electron chi connectivity index (χ0n) is 16.1. The Morgan fingerprint density at radius 1 is 1.15 bits per heavy atom. The van der Waals surface area contributed by atoms with Crippen LogP contribution < -0.4 is 10.2 Å². The second-order valence-electron chi connectivity index (χ2n) is 7.20. The summed E-state index contributed by atoms with van der Waals surface area (Å²) in [6.07, 6.45) is 0.632. The third kappa shape index (κ3) is 5.17. The van der Waals surface area contributed by atoms with Crippen molar-refractivity contribution in [3.8, 4) is 11.3 Å². The molecule has 27 heavy (non-hydrogen) atoms. The van der Waals surface area contributed by atoms with Gasteiger partial charge in [0.05, 0.1) is 17.2 Å². The second kappa shape index (κ2) is 8.22. The zero-order chi connectivity index (χ0) is 19.4. The summed E-state index contributed by atoms with van der Waals surface area (Å²) < 4.78 is 23.7. The van der Waals surface area contributed by atoms with Crippen molar-refractivity contribution in [1.29, 1.82) is 0 Å². The van der Waals surface area contributed by atoms with Gasteiger partial charge in [0.1, 0.15) is 5.82 Å². The van der Waals surface area contributed by atoms with E-state index < -0.39 is 9.84 Å². The van der Waals surface area contributed by atoms with Crippen molar-refractivity contribution < 1.29 is 8.42 Å². The molecule has 1 aliphatic heterocycles. The SMILES string of the molecule is CN(C)CCNc1nc(-c2ccccc2)cc(N(C)C2CCS(=O)(=O)C2)n1. The fraction of sp³-hybridized carbons (Fsp3) is 0.474. The topological polar surface area (TPSA) is 78.4 Å². The number of nitrogens with zero attached hydrogens (tertiary/aromatic N) is 4. The average Bonchev–Trinajstić information content (AvgIpc) is 3.01. The Morgan fingerprint density at radius 2 is 1.89 bits per heavy atom. The highest BCUT2D eigenvalue weighted by atomic mass is 32.2. The number of aromatic nitrogens is 2. The standard InChI is InChI=1S/C19H27N5O2S/c1-23(2)11-10-20-19-21-17(15-7-5-4-6-8-15)13-18(22-19)24(3)16-9-12-27(25,26)14-16/h4-8,13,16H,9-12,14H2,1-3H3,(H,20,21,22). The van der Waals surface area contributed by atoms with Crippen LogP contribution in [0.15, 0.2) is 36.4 Å². The number of likely N-dealkylation sites (N-methyl/N-ethyl adjacent to an activating group) is 1. The van der Waals surface area contributed by atoms with Crippen molar-refractivity contribution in [3.05, 3.63) is 36.4 Å². The van der Waals surface area contributed by atoms with Crippen LogP contribution in [0.3, 0.4) is 0 Å². The lowest BCUT2D eigenvalue weighted by molar-refractivity contribution is 0.425. The molecule has 146 valence electrons. The lowest BCUT2D eigenvalue weighted by Gasteiger charge is -2.25. The van der Waals surface area contributed by atoms with E-state index in [1.807, 2.05) is 62.4 Å². The van der Waals surface area contributed by atoms with Gasteiger partial charge in [-0.3, -0.25) is 0 Å². The molecule has 1 aromatic carbocycles. The summed E-state index contributed by atoms with van der Waals surface area (Å²) >= 11 is 0. The van der Waals surface area contributed by atoms with E-state index in [0.29, 0.717) is 12.4 Å². The van der Waals surface area contributed by atoms with E-state index in [1.165, 1.54) is 0 Å². The first kappa shape index (κ1) is 19.6. The summed E-state index contributed by atoms with van der Waals surface area (Å²) in [7, 11) is 2.99. The van der Waals surface area contributed by atoms with E-state index >= 15 is 0 Å². The second-order valence-corrected chi connectivity index (χ2v) is 9.43. The summed E-state index contributed by atoms with van der Waals surface area (Å²) in [4.78, 5) is 13.3. The molecule has 0 spiro atoms. The molecule has 8 heteroatoms. The third-order valence-corrected chi connectivity index (χ3v) is 6.49. The van der Waals surface area contributed by atoms with Gasteiger partial charge in [-0.2, -0.15) is 4.98 Å². The van der Waals surface area contributed by atoms with Crippen LogP contribution >= 0.6 is 0 Å². The van der Waals surface area contributed by atoms with Crippen molar-refractivity contribution in [2.24, 2.45) is 0 Å². The summed E-state index contributed by atoms with van der Waals surface area (Å²) in [5, 5.41) is 3.28. The number of rotatable bonds is 7. The van der Waals surface area contributed by atoms with E-state index in [0.717, 1.165) is 30.2 Å². The maximum Gasteiger partial charge on any atom is 0.225 e. The van der Waals surface area contributed by atoms with Gasteiger partial charge in [-0.25, -0.2) is 13.4 Å². The van der Waals surface area contributed by atoms with Crippen molar-refractivity contribution >= 4 is 21.6 Å². The van der Waals surface area contributed by atoms with Gasteiger partial charge in [0, 0.05) is 37.8 Å². The number of sulfone groups is 1. The highest BCUT2D eigenvalue weighted by molar-refractivity contribution is 7.91. The molecule has 0 radical (unpaired) electrons. The van der Waals surface area contributed by atoms with E-state index in [-0.39, 0.29) is 17.5 Å². The molecular weight excluding hydrogens is 362 g/mol. The van der Waals surface area contributed by atoms with Crippen LogP contribution in [-0.4, -0.2) is 75.1 Å². The van der Waals surface area contributed by atoms with Crippen LogP contribution in [0.2, 0.25) is 0 Å². The predicted molar refractivity (Wildman–Crippen MR) is 110 cm³/mol. The molecule has 0 bridgehead atoms. The maximum absolute atomic E-state index is 11.9. The van der Waals surface area contributed by atoms with Crippen molar-refractivity contribution in [3.63, 3.8) is 0 Å². The predicted octanol–water partition coefficient (Wildman–Crippen LogP) is 1.74. The molecule has 1 atom stereocenters. The van der Waals surface area contributed by atoms with E-state index in [1.54, 1.807) is 0 Å². The van der Waals surface area contributed by atoms with Gasteiger partial charge in [-0.1, -0.05) is 30.3 Å². The monoisotopic (exact) mass is 389 g/mol. The summed E-state index contributed by atoms with van der Waals surface area (Å²) in [5.74, 6) is 1.71. The van der Waals surface area contributed by atoms with E-state index in [9.17, 15) is 8.42 Å². The number of benzene rings is 1. The van der Waals surface area contributed by atoms with Gasteiger partial charge in [0.2, 0.25) is 5.95 Å². The number of hydrogen-bond donors (Lipinski definition) is 1. The Morgan fingerprint density at radius 3 is 2.52 bits per heavy atom. The molecule has 1 saturated heterocycles. The highest BCUT2D eigenvalue weighted by Gasteiger charge is 2.31. The molecule has 1 N–H and O–H groups in total. The fourth-order valence-corrected chi connectivity index (χ4v) is 4.88. The Balaban J connectivity index is 1.89. The Hall–Kier alpha value is -2.19. The van der Waals surface area contributed by atoms with Gasteiger partial charge < -0.3 is 15.1 Å². The quantitative estimate of drug-likeness (QED) is 0.773. The van der Waals surface area contributed by atoms with Gasteiger partial charge >= 0.3 is 0 Å². The molecule has 2 heterocycles. The molecule has 0 amide bonds. The maximum atomic E-state index is 11.9. The fourth-order valence-electron chi connectivity index (χ4n) is 3.11. The molecule has 1 fully saturated rings. The number of nitrogens with one attached hydrogen (secondary N) is 1. The minimum absolute atomic E-state index is 0.0526. The zero-order valence-corrected chi connectivity index (χ0v) is 16.9. The Kier molecular flexibility index (Phi) is 5.96. The number of hydrogen-bond acceptors (Lipinski definition) is 7. The van der Waals surface area contributed by atoms with Crippen LogP contribution in [0.5, 0.6) is 0 Å². The normalized spacial score (nSPS) is 18.6. The molecule has 0 aliphatic carbocycles. The minimum atomic E-state index is -2.95. The molecule has 7 nitrogen and oxygen atoms in total. The first-order valence-electron chi connectivity index (χ1n) is 9.10. The van der Waals surface area contributed by atoms with E-state index in [2.05, 4.69) is 20.2 Å². The van der Waals surface area contributed by atoms with Gasteiger partial charge in [0.15, 0.2) is 9.84 Å². The molecule has 2 aromatic rings. The lowest BCUT2D eigenvalue weighted by atomic mass is 10.1. The van der Waals surface area contributed by atoms with Crippen molar-refractivity contribution in [2.45, 2.75) is 12.5 Å². The molecular formula is C19H27N5O2S. The molecule has 3 rings (SSSR count). The Labute approximate surface area is 161 Å². The first-order chi connectivity index (χ1) is 12.8. The molecule has 1 aromatic heterocycles. The van der Waals surface area contributed by atoms with Crippen LogP contribution in [0.25, 0.3) is 11.3 Å². The lowest BCUT2D eigenvalue weighted by Crippen LogP contribution is -2.33. The average molecular weight is 390 g/mol. The van der Waals surface area contributed by atoms with Gasteiger partial charge in [-0.05, 0) is 20.5 Å². The summed E-state index contributed by atoms with van der Waals surface area (Å²) in [6, 6.07) is 11.8. The van der Waals surface area contributed by atoms with Gasteiger partial charge in [-0.15, -0.1) is 0 Å². The van der Waals surface area contributed by atoms with Crippen LogP contribution in [0.4, 0.5) is 11.8 Å². The summed E-state index contributed by atoms with van der Waals surface area (Å²) in [5.41, 5.74) is 1.82.